The first-order valence-electron chi connectivity index (χ1n) is 6.24. The Labute approximate surface area is 153 Å². The van der Waals surface area contributed by atoms with Crippen LogP contribution < -0.4 is 5.32 Å². The first-order valence-corrected chi connectivity index (χ1v) is 7.75. The number of nitrogens with one attached hydrogen (secondary N) is 1. The van der Waals surface area contributed by atoms with E-state index in [1.807, 2.05) is 6.07 Å². The zero-order valence-electron chi connectivity index (χ0n) is 11.4. The number of carbonyl (C=O) groups excluding carboxylic acids is 1. The van der Waals surface area contributed by atoms with Crippen molar-refractivity contribution in [2.45, 2.75) is 0 Å². The third kappa shape index (κ3) is 4.40. The smallest absolute Gasteiger partial charge is 0.266 e. The Balaban J connectivity index is 2.28. The zero-order valence-corrected chi connectivity index (χ0v) is 14.4. The van der Waals surface area contributed by atoms with Gasteiger partial charge in [-0.25, -0.2) is 0 Å². The number of carbonyl (C=O) groups is 1. The first-order chi connectivity index (χ1) is 10.9. The Morgan fingerprint density at radius 2 is 1.78 bits per heavy atom. The molecule has 1 N–H and O–H groups in total. The van der Waals surface area contributed by atoms with Gasteiger partial charge >= 0.3 is 0 Å². The molecule has 23 heavy (non-hydrogen) atoms. The van der Waals surface area contributed by atoms with Gasteiger partial charge in [0.1, 0.15) is 11.6 Å². The lowest BCUT2D eigenvalue weighted by molar-refractivity contribution is -0.112. The van der Waals surface area contributed by atoms with Crippen molar-refractivity contribution in [3.63, 3.8) is 0 Å². The molecule has 0 heterocycles. The molecule has 0 bridgehead atoms. The summed E-state index contributed by atoms with van der Waals surface area (Å²) in [6, 6.07) is 11.4. The summed E-state index contributed by atoms with van der Waals surface area (Å²) in [6.45, 7) is 0. The molecule has 1 amide bonds. The summed E-state index contributed by atoms with van der Waals surface area (Å²) in [5.41, 5.74) is 0.780. The van der Waals surface area contributed by atoms with E-state index >= 15 is 0 Å². The summed E-state index contributed by atoms with van der Waals surface area (Å²) >= 11 is 23.6. The maximum absolute atomic E-state index is 12.2. The molecule has 2 aromatic rings. The van der Waals surface area contributed by atoms with E-state index in [-0.39, 0.29) is 10.6 Å². The van der Waals surface area contributed by atoms with Gasteiger partial charge in [-0.3, -0.25) is 4.79 Å². The number of rotatable bonds is 3. The van der Waals surface area contributed by atoms with E-state index in [1.54, 1.807) is 36.4 Å². The lowest BCUT2D eigenvalue weighted by atomic mass is 10.1. The van der Waals surface area contributed by atoms with E-state index in [1.165, 1.54) is 6.08 Å². The summed E-state index contributed by atoms with van der Waals surface area (Å²) in [5.74, 6) is -0.609. The van der Waals surface area contributed by atoms with Crippen LogP contribution in [0.15, 0.2) is 42.0 Å². The number of anilines is 1. The van der Waals surface area contributed by atoms with Crippen LogP contribution in [0.25, 0.3) is 6.08 Å². The van der Waals surface area contributed by atoms with Gasteiger partial charge < -0.3 is 5.32 Å². The molecule has 0 saturated carbocycles. The quantitative estimate of drug-likeness (QED) is 0.532. The molecular formula is C16H8Cl4N2O. The standard InChI is InChI=1S/C16H8Cl4N2O/c17-11-5-4-9(7-13(11)19)6-10(8-21)16(23)22-14-3-1-2-12(18)15(14)20/h1-7H,(H,22,23). The van der Waals surface area contributed by atoms with E-state index in [9.17, 15) is 10.1 Å². The van der Waals surface area contributed by atoms with Crippen molar-refractivity contribution in [3.05, 3.63) is 67.6 Å². The van der Waals surface area contributed by atoms with Crippen molar-refractivity contribution in [2.24, 2.45) is 0 Å². The number of hydrogen-bond acceptors (Lipinski definition) is 2. The molecule has 2 aromatic carbocycles. The SMILES string of the molecule is N#CC(=Cc1ccc(Cl)c(Cl)c1)C(=O)Nc1cccc(Cl)c1Cl. The number of nitriles is 1. The molecule has 0 aromatic heterocycles. The second-order valence-electron chi connectivity index (χ2n) is 4.40. The van der Waals surface area contributed by atoms with E-state index < -0.39 is 5.91 Å². The molecule has 2 rings (SSSR count). The molecule has 0 aliphatic heterocycles. The van der Waals surface area contributed by atoms with Gasteiger partial charge in [0.15, 0.2) is 0 Å². The summed E-state index contributed by atoms with van der Waals surface area (Å²) in [6.07, 6.45) is 1.40. The number of halogens is 4. The Kier molecular flexibility index (Phi) is 5.92. The van der Waals surface area contributed by atoms with Crippen LogP contribution in [0.2, 0.25) is 20.1 Å². The van der Waals surface area contributed by atoms with Crippen LogP contribution in [0.1, 0.15) is 5.56 Å². The Morgan fingerprint density at radius 3 is 2.43 bits per heavy atom. The fraction of sp³-hybridized carbons (Fsp3) is 0. The van der Waals surface area contributed by atoms with Crippen LogP contribution in [0.4, 0.5) is 5.69 Å². The molecule has 0 aliphatic carbocycles. The zero-order chi connectivity index (χ0) is 17.0. The summed E-state index contributed by atoms with van der Waals surface area (Å²) in [5, 5.41) is 13.0. The van der Waals surface area contributed by atoms with Crippen molar-refractivity contribution < 1.29 is 4.79 Å². The second-order valence-corrected chi connectivity index (χ2v) is 6.00. The normalized spacial score (nSPS) is 11.0. The van der Waals surface area contributed by atoms with Gasteiger partial charge in [-0.15, -0.1) is 0 Å². The van der Waals surface area contributed by atoms with E-state index in [0.29, 0.717) is 26.3 Å². The van der Waals surface area contributed by atoms with Crippen LogP contribution in [0, 0.1) is 11.3 Å². The van der Waals surface area contributed by atoms with Gasteiger partial charge in [0, 0.05) is 0 Å². The predicted octanol–water partition coefficient (Wildman–Crippen LogP) is 5.85. The lowest BCUT2D eigenvalue weighted by Crippen LogP contribution is -2.13. The Bertz CT molecular complexity index is 840. The predicted molar refractivity (Wildman–Crippen MR) is 95.1 cm³/mol. The highest BCUT2D eigenvalue weighted by Crippen LogP contribution is 2.30. The molecule has 3 nitrogen and oxygen atoms in total. The minimum absolute atomic E-state index is 0.112. The molecule has 0 unspecified atom stereocenters. The summed E-state index contributed by atoms with van der Waals surface area (Å²) in [7, 11) is 0. The average Bonchev–Trinajstić information content (AvgIpc) is 2.52. The van der Waals surface area contributed by atoms with Gasteiger partial charge in [0.05, 0.1) is 25.8 Å². The third-order valence-corrected chi connectivity index (χ3v) is 4.38. The Morgan fingerprint density at radius 1 is 1.04 bits per heavy atom. The summed E-state index contributed by atoms with van der Waals surface area (Å²) in [4.78, 5) is 12.2. The van der Waals surface area contributed by atoms with Crippen molar-refractivity contribution in [1.29, 1.82) is 5.26 Å². The number of amides is 1. The number of nitrogens with zero attached hydrogens (tertiary/aromatic N) is 1. The molecule has 116 valence electrons. The van der Waals surface area contributed by atoms with Crippen molar-refractivity contribution >= 4 is 64.1 Å². The second kappa shape index (κ2) is 7.72. The van der Waals surface area contributed by atoms with Crippen molar-refractivity contribution in [3.8, 4) is 6.07 Å². The number of benzene rings is 2. The molecule has 0 saturated heterocycles. The van der Waals surface area contributed by atoms with Crippen LogP contribution in [0.5, 0.6) is 0 Å². The fourth-order valence-corrected chi connectivity index (χ4v) is 2.36. The minimum atomic E-state index is -0.609. The van der Waals surface area contributed by atoms with E-state index in [4.69, 9.17) is 46.4 Å². The highest BCUT2D eigenvalue weighted by Gasteiger charge is 2.13. The first kappa shape index (κ1) is 17.7. The van der Waals surface area contributed by atoms with Gasteiger partial charge in [-0.1, -0.05) is 58.5 Å². The summed E-state index contributed by atoms with van der Waals surface area (Å²) < 4.78 is 0. The topological polar surface area (TPSA) is 52.9 Å². The van der Waals surface area contributed by atoms with Crippen molar-refractivity contribution in [2.75, 3.05) is 5.32 Å². The van der Waals surface area contributed by atoms with Crippen molar-refractivity contribution in [1.82, 2.24) is 0 Å². The minimum Gasteiger partial charge on any atom is -0.320 e. The molecule has 0 spiro atoms. The van der Waals surface area contributed by atoms with Crippen LogP contribution in [-0.4, -0.2) is 5.91 Å². The molecule has 0 aliphatic rings. The van der Waals surface area contributed by atoms with Gasteiger partial charge in [0.2, 0.25) is 0 Å². The maximum atomic E-state index is 12.2. The molecule has 0 radical (unpaired) electrons. The van der Waals surface area contributed by atoms with Crippen LogP contribution in [0.3, 0.4) is 0 Å². The fourth-order valence-electron chi connectivity index (χ4n) is 1.71. The van der Waals surface area contributed by atoms with Gasteiger partial charge in [-0.05, 0) is 35.9 Å². The number of hydrogen-bond donors (Lipinski definition) is 1. The monoisotopic (exact) mass is 384 g/mol. The maximum Gasteiger partial charge on any atom is 0.266 e. The largest absolute Gasteiger partial charge is 0.320 e. The van der Waals surface area contributed by atoms with Gasteiger partial charge in [0.25, 0.3) is 5.91 Å². The molecular weight excluding hydrogens is 378 g/mol. The highest BCUT2D eigenvalue weighted by molar-refractivity contribution is 6.44. The van der Waals surface area contributed by atoms with E-state index in [0.717, 1.165) is 0 Å². The van der Waals surface area contributed by atoms with E-state index in [2.05, 4.69) is 5.32 Å². The average molecular weight is 386 g/mol. The lowest BCUT2D eigenvalue weighted by Gasteiger charge is -2.07. The molecule has 0 fully saturated rings. The Hall–Kier alpha value is -1.70. The van der Waals surface area contributed by atoms with Crippen LogP contribution in [-0.2, 0) is 4.79 Å². The van der Waals surface area contributed by atoms with Gasteiger partial charge in [-0.2, -0.15) is 5.26 Å². The molecule has 0 atom stereocenters. The third-order valence-electron chi connectivity index (χ3n) is 2.82. The molecule has 7 heteroatoms. The highest BCUT2D eigenvalue weighted by atomic mass is 35.5. The van der Waals surface area contributed by atoms with Crippen LogP contribution >= 0.6 is 46.4 Å².